The minimum atomic E-state index is -0.744. The molecule has 0 atom stereocenters. The summed E-state index contributed by atoms with van der Waals surface area (Å²) in [6.45, 7) is 2.73. The number of nitrogens with zero attached hydrogens (tertiary/aromatic N) is 8. The third-order valence-electron chi connectivity index (χ3n) is 7.81. The summed E-state index contributed by atoms with van der Waals surface area (Å²) >= 11 is 0. The average molecular weight is 592 g/mol. The summed E-state index contributed by atoms with van der Waals surface area (Å²) in [5, 5.41) is 7.53. The smallest absolute Gasteiger partial charge is 0.257 e. The molecule has 7 rings (SSSR count). The number of carbonyl (C=O) groups excluding carboxylic acids is 1. The first-order valence-electron chi connectivity index (χ1n) is 14.2. The summed E-state index contributed by atoms with van der Waals surface area (Å²) in [5.74, 6) is -1.31. The second-order valence-corrected chi connectivity index (χ2v) is 10.7. The summed E-state index contributed by atoms with van der Waals surface area (Å²) in [7, 11) is 0. The Bertz CT molecular complexity index is 1930. The van der Waals surface area contributed by atoms with Crippen LogP contribution in [0.5, 0.6) is 0 Å². The van der Waals surface area contributed by atoms with Crippen molar-refractivity contribution in [3.63, 3.8) is 0 Å². The predicted octanol–water partition coefficient (Wildman–Crippen LogP) is 5.42. The molecule has 0 spiro atoms. The molecule has 0 saturated carbocycles. The van der Waals surface area contributed by atoms with E-state index in [2.05, 4.69) is 29.7 Å². The average Bonchev–Trinajstić information content (AvgIpc) is 3.66. The van der Waals surface area contributed by atoms with Crippen LogP contribution in [0.1, 0.15) is 34.8 Å². The number of fused-ring (bicyclic) bond motifs is 1. The molecule has 5 aromatic heterocycles. The number of anilines is 1. The number of benzene rings is 1. The molecule has 220 valence electrons. The van der Waals surface area contributed by atoms with Gasteiger partial charge in [-0.1, -0.05) is 0 Å². The topological polar surface area (TPSA) is 106 Å². The molecule has 0 bridgehead atoms. The van der Waals surface area contributed by atoms with Gasteiger partial charge < -0.3 is 9.88 Å². The van der Waals surface area contributed by atoms with Crippen molar-refractivity contribution < 1.29 is 13.6 Å². The fourth-order valence-electron chi connectivity index (χ4n) is 5.61. The van der Waals surface area contributed by atoms with Gasteiger partial charge in [-0.25, -0.2) is 23.9 Å². The van der Waals surface area contributed by atoms with Gasteiger partial charge in [-0.3, -0.25) is 14.7 Å². The third-order valence-corrected chi connectivity index (χ3v) is 7.81. The fourth-order valence-corrected chi connectivity index (χ4v) is 5.61. The lowest BCUT2D eigenvalue weighted by Crippen LogP contribution is -2.34. The van der Waals surface area contributed by atoms with E-state index < -0.39 is 11.9 Å². The van der Waals surface area contributed by atoms with Gasteiger partial charge in [0.2, 0.25) is 5.95 Å². The largest absolute Gasteiger partial charge is 0.326 e. The van der Waals surface area contributed by atoms with Crippen LogP contribution < -0.4 is 5.32 Å². The number of carbonyl (C=O) groups is 1. The minimum Gasteiger partial charge on any atom is -0.326 e. The van der Waals surface area contributed by atoms with Gasteiger partial charge >= 0.3 is 0 Å². The number of aromatic nitrogens is 7. The Morgan fingerprint density at radius 3 is 2.50 bits per heavy atom. The van der Waals surface area contributed by atoms with Gasteiger partial charge in [0.25, 0.3) is 5.91 Å². The van der Waals surface area contributed by atoms with Crippen molar-refractivity contribution in [3.8, 4) is 22.6 Å². The van der Waals surface area contributed by atoms with E-state index in [0.717, 1.165) is 49.8 Å². The molecular weight excluding hydrogens is 564 g/mol. The first kappa shape index (κ1) is 27.5. The van der Waals surface area contributed by atoms with Gasteiger partial charge in [0.1, 0.15) is 11.5 Å². The van der Waals surface area contributed by atoms with Crippen molar-refractivity contribution in [2.24, 2.45) is 0 Å². The molecular formula is C32H27F2N9O. The number of amides is 1. The van der Waals surface area contributed by atoms with E-state index in [1.807, 2.05) is 43.0 Å². The number of piperidine rings is 1. The quantitative estimate of drug-likeness (QED) is 0.247. The lowest BCUT2D eigenvalue weighted by Gasteiger charge is -2.33. The van der Waals surface area contributed by atoms with Crippen molar-refractivity contribution in [3.05, 3.63) is 115 Å². The zero-order valence-corrected chi connectivity index (χ0v) is 23.5. The first-order chi connectivity index (χ1) is 21.5. The molecule has 0 radical (unpaired) electrons. The number of rotatable bonds is 7. The van der Waals surface area contributed by atoms with E-state index in [1.165, 1.54) is 30.0 Å². The highest BCUT2D eigenvalue weighted by atomic mass is 19.1. The van der Waals surface area contributed by atoms with Crippen molar-refractivity contribution in [2.45, 2.75) is 25.4 Å². The Morgan fingerprint density at radius 1 is 0.932 bits per heavy atom. The third kappa shape index (κ3) is 5.66. The first-order valence-corrected chi connectivity index (χ1v) is 14.2. The van der Waals surface area contributed by atoms with E-state index in [1.54, 1.807) is 22.8 Å². The van der Waals surface area contributed by atoms with E-state index in [9.17, 15) is 13.6 Å². The number of likely N-dealkylation sites (tertiary alicyclic amines) is 1. The van der Waals surface area contributed by atoms with Crippen LogP contribution in [-0.4, -0.2) is 58.0 Å². The molecule has 10 nitrogen and oxygen atoms in total. The molecule has 0 unspecified atom stereocenters. The van der Waals surface area contributed by atoms with Crippen LogP contribution in [0.15, 0.2) is 91.8 Å². The van der Waals surface area contributed by atoms with Crippen molar-refractivity contribution in [1.82, 2.24) is 39.0 Å². The molecule has 1 N–H and O–H groups in total. The summed E-state index contributed by atoms with van der Waals surface area (Å²) in [6.07, 6.45) is 10.2. The maximum atomic E-state index is 13.8. The lowest BCUT2D eigenvalue weighted by molar-refractivity contribution is 0.102. The van der Waals surface area contributed by atoms with Gasteiger partial charge in [-0.2, -0.15) is 9.49 Å². The van der Waals surface area contributed by atoms with Gasteiger partial charge in [-0.15, -0.1) is 0 Å². The van der Waals surface area contributed by atoms with Gasteiger partial charge in [0, 0.05) is 61.5 Å². The van der Waals surface area contributed by atoms with E-state index in [-0.39, 0.29) is 23.2 Å². The molecule has 1 aliphatic rings. The maximum absolute atomic E-state index is 13.8. The van der Waals surface area contributed by atoms with E-state index in [4.69, 9.17) is 10.1 Å². The monoisotopic (exact) mass is 591 g/mol. The van der Waals surface area contributed by atoms with Crippen LogP contribution in [-0.2, 0) is 6.54 Å². The number of nitrogens with one attached hydrogen (secondary N) is 1. The second-order valence-electron chi connectivity index (χ2n) is 10.7. The fraction of sp³-hybridized carbons (Fsp3) is 0.188. The zero-order chi connectivity index (χ0) is 30.0. The predicted molar refractivity (Wildman–Crippen MR) is 160 cm³/mol. The summed E-state index contributed by atoms with van der Waals surface area (Å²) < 4.78 is 31.1. The standard InChI is InChI=1S/C32H27F2N9O/c33-24-3-1-22(2-4-24)30-31(42(20-37-30)25-10-15-41(16-11-25)18-21-7-12-35-13-8-21)26-5-6-29-38-28(19-43(29)40-26)39-32(44)23-9-14-36-27(34)17-23/h1-9,12-14,17,19-20,25H,10-11,15-16,18H2,(H,39,44). The highest BCUT2D eigenvalue weighted by Gasteiger charge is 2.26. The highest BCUT2D eigenvalue weighted by molar-refractivity contribution is 6.03. The zero-order valence-electron chi connectivity index (χ0n) is 23.5. The molecule has 1 saturated heterocycles. The van der Waals surface area contributed by atoms with Gasteiger partial charge in [0.15, 0.2) is 11.5 Å². The molecule has 1 aromatic carbocycles. The summed E-state index contributed by atoms with van der Waals surface area (Å²) in [4.78, 5) is 31.9. The van der Waals surface area contributed by atoms with E-state index in [0.29, 0.717) is 17.0 Å². The van der Waals surface area contributed by atoms with Crippen LogP contribution in [0, 0.1) is 11.8 Å². The van der Waals surface area contributed by atoms with Crippen molar-refractivity contribution in [2.75, 3.05) is 18.4 Å². The number of hydrogen-bond acceptors (Lipinski definition) is 7. The highest BCUT2D eigenvalue weighted by Crippen LogP contribution is 2.35. The minimum absolute atomic E-state index is 0.128. The maximum Gasteiger partial charge on any atom is 0.257 e. The van der Waals surface area contributed by atoms with Crippen LogP contribution in [0.3, 0.4) is 0 Å². The number of hydrogen-bond donors (Lipinski definition) is 1. The van der Waals surface area contributed by atoms with Crippen LogP contribution in [0.4, 0.5) is 14.6 Å². The second kappa shape index (κ2) is 11.7. The Labute approximate surface area is 251 Å². The molecule has 44 heavy (non-hydrogen) atoms. The molecule has 1 aliphatic heterocycles. The lowest BCUT2D eigenvalue weighted by atomic mass is 10.0. The number of halogens is 2. The Balaban J connectivity index is 1.19. The number of imidazole rings is 2. The Kier molecular flexibility index (Phi) is 7.32. The summed E-state index contributed by atoms with van der Waals surface area (Å²) in [5.41, 5.74) is 4.83. The Morgan fingerprint density at radius 2 is 1.73 bits per heavy atom. The Hall–Kier alpha value is -5.36. The molecule has 1 amide bonds. The molecule has 6 aromatic rings. The molecule has 12 heteroatoms. The van der Waals surface area contributed by atoms with Crippen LogP contribution in [0.25, 0.3) is 28.3 Å². The van der Waals surface area contributed by atoms with Crippen LogP contribution >= 0.6 is 0 Å². The molecule has 0 aliphatic carbocycles. The van der Waals surface area contributed by atoms with Crippen molar-refractivity contribution in [1.29, 1.82) is 0 Å². The van der Waals surface area contributed by atoms with Crippen molar-refractivity contribution >= 4 is 17.4 Å². The van der Waals surface area contributed by atoms with E-state index >= 15 is 0 Å². The molecule has 1 fully saturated rings. The number of pyridine rings is 2. The van der Waals surface area contributed by atoms with Gasteiger partial charge in [0.05, 0.1) is 23.9 Å². The molecule has 6 heterocycles. The van der Waals surface area contributed by atoms with Gasteiger partial charge in [-0.05, 0) is 73.0 Å². The summed E-state index contributed by atoms with van der Waals surface area (Å²) in [6, 6.07) is 16.7. The van der Waals surface area contributed by atoms with Crippen LogP contribution in [0.2, 0.25) is 0 Å². The normalized spacial score (nSPS) is 14.2. The SMILES string of the molecule is O=C(Nc1cn2nc(-c3c(-c4ccc(F)cc4)ncn3C3CCN(Cc4ccncc4)CC3)ccc2n1)c1ccnc(F)c1.